The lowest BCUT2D eigenvalue weighted by Crippen LogP contribution is -2.33. The molecule has 1 heterocycles. The van der Waals surface area contributed by atoms with Crippen LogP contribution in [0.25, 0.3) is 16.5 Å². The van der Waals surface area contributed by atoms with Crippen molar-refractivity contribution in [2.24, 2.45) is 0 Å². The lowest BCUT2D eigenvalue weighted by Gasteiger charge is -2.15. The van der Waals surface area contributed by atoms with Crippen LogP contribution in [0.4, 0.5) is 0 Å². The van der Waals surface area contributed by atoms with Crippen LogP contribution in [0, 0.1) is 0 Å². The van der Waals surface area contributed by atoms with Crippen molar-refractivity contribution in [1.82, 2.24) is 9.88 Å². The second-order valence-corrected chi connectivity index (χ2v) is 6.25. The van der Waals surface area contributed by atoms with Crippen molar-refractivity contribution in [1.29, 1.82) is 0 Å². The second kappa shape index (κ2) is 7.44. The van der Waals surface area contributed by atoms with Gasteiger partial charge in [-0.3, -0.25) is 14.2 Å². The summed E-state index contributed by atoms with van der Waals surface area (Å²) < 4.78 is 6.75. The average Bonchev–Trinajstić information content (AvgIpc) is 2.68. The van der Waals surface area contributed by atoms with Gasteiger partial charge in [0.1, 0.15) is 5.75 Å². The summed E-state index contributed by atoms with van der Waals surface area (Å²) in [5.74, 6) is 0.459. The highest BCUT2D eigenvalue weighted by Gasteiger charge is 2.16. The first-order valence-corrected chi connectivity index (χ1v) is 8.64. The Bertz CT molecular complexity index is 1010. The monoisotopic (exact) mass is 350 g/mol. The van der Waals surface area contributed by atoms with Crippen LogP contribution in [-0.2, 0) is 0 Å². The van der Waals surface area contributed by atoms with Gasteiger partial charge in [-0.05, 0) is 31.5 Å². The first kappa shape index (κ1) is 17.7. The number of fused-ring (bicyclic) bond motifs is 1. The maximum atomic E-state index is 13.0. The van der Waals surface area contributed by atoms with Gasteiger partial charge in [0, 0.05) is 29.1 Å². The third-order valence-corrected chi connectivity index (χ3v) is 4.49. The number of ether oxygens (including phenoxy) is 1. The van der Waals surface area contributed by atoms with E-state index in [4.69, 9.17) is 4.74 Å². The van der Waals surface area contributed by atoms with E-state index in [1.165, 1.54) is 4.57 Å². The fraction of sp³-hybridized carbons (Fsp3) is 0.238. The molecule has 2 aromatic carbocycles. The van der Waals surface area contributed by atoms with Crippen LogP contribution in [0.5, 0.6) is 5.75 Å². The van der Waals surface area contributed by atoms with E-state index in [0.717, 1.165) is 6.42 Å². The molecule has 26 heavy (non-hydrogen) atoms. The summed E-state index contributed by atoms with van der Waals surface area (Å²) in [5.41, 5.74) is 0.954. The van der Waals surface area contributed by atoms with Gasteiger partial charge in [-0.1, -0.05) is 31.2 Å². The molecule has 0 spiro atoms. The van der Waals surface area contributed by atoms with Gasteiger partial charge >= 0.3 is 0 Å². The van der Waals surface area contributed by atoms with E-state index < -0.39 is 0 Å². The molecule has 5 heteroatoms. The Kier molecular flexibility index (Phi) is 5.07. The molecule has 134 valence electrons. The highest BCUT2D eigenvalue weighted by molar-refractivity contribution is 6.06. The van der Waals surface area contributed by atoms with Crippen LogP contribution in [0.2, 0.25) is 0 Å². The Labute approximate surface area is 152 Å². The second-order valence-electron chi connectivity index (χ2n) is 6.25. The van der Waals surface area contributed by atoms with Crippen molar-refractivity contribution >= 4 is 16.7 Å². The Morgan fingerprint density at radius 1 is 1.15 bits per heavy atom. The number of pyridine rings is 1. The zero-order valence-corrected chi connectivity index (χ0v) is 15.2. The summed E-state index contributed by atoms with van der Waals surface area (Å²) in [5, 5.41) is 4.14. The molecule has 0 bridgehead atoms. The molecule has 3 rings (SSSR count). The standard InChI is InChI=1S/C21H22N2O3/c1-4-14(2)22-20(24)19-13-23(15-8-7-9-16(12-15)26-3)21(25)18-11-6-5-10-17(18)19/h5-14H,4H2,1-3H3,(H,22,24)/t14-/m1/s1. The van der Waals surface area contributed by atoms with E-state index in [2.05, 4.69) is 5.32 Å². The van der Waals surface area contributed by atoms with Crippen molar-refractivity contribution in [2.45, 2.75) is 26.3 Å². The molecule has 0 radical (unpaired) electrons. The summed E-state index contributed by atoms with van der Waals surface area (Å²) in [6.07, 6.45) is 2.44. The number of benzene rings is 2. The van der Waals surface area contributed by atoms with Gasteiger partial charge in [0.25, 0.3) is 11.5 Å². The van der Waals surface area contributed by atoms with E-state index in [1.807, 2.05) is 38.1 Å². The minimum atomic E-state index is -0.188. The molecule has 0 unspecified atom stereocenters. The van der Waals surface area contributed by atoms with Gasteiger partial charge in [-0.25, -0.2) is 0 Å². The molecule has 1 aromatic heterocycles. The summed E-state index contributed by atoms with van der Waals surface area (Å²) in [6.45, 7) is 3.97. The lowest BCUT2D eigenvalue weighted by atomic mass is 10.1. The molecule has 0 saturated carbocycles. The maximum absolute atomic E-state index is 13.0. The average molecular weight is 350 g/mol. The first-order valence-electron chi connectivity index (χ1n) is 8.64. The number of carbonyl (C=O) groups excluding carboxylic acids is 1. The summed E-state index contributed by atoms with van der Waals surface area (Å²) in [4.78, 5) is 25.8. The normalized spacial score (nSPS) is 12.0. The predicted molar refractivity (Wildman–Crippen MR) is 103 cm³/mol. The summed E-state index contributed by atoms with van der Waals surface area (Å²) in [6, 6.07) is 14.4. The number of nitrogens with zero attached hydrogens (tertiary/aromatic N) is 1. The number of aromatic nitrogens is 1. The number of rotatable bonds is 5. The van der Waals surface area contributed by atoms with Gasteiger partial charge in [0.2, 0.25) is 0 Å². The molecule has 0 saturated heterocycles. The van der Waals surface area contributed by atoms with Crippen molar-refractivity contribution in [3.05, 3.63) is 70.6 Å². The van der Waals surface area contributed by atoms with Crippen LogP contribution in [0.3, 0.4) is 0 Å². The highest BCUT2D eigenvalue weighted by Crippen LogP contribution is 2.20. The molecule has 3 aromatic rings. The number of carbonyl (C=O) groups is 1. The first-order chi connectivity index (χ1) is 12.5. The summed E-state index contributed by atoms with van der Waals surface area (Å²) in [7, 11) is 1.58. The van der Waals surface area contributed by atoms with Crippen molar-refractivity contribution < 1.29 is 9.53 Å². The van der Waals surface area contributed by atoms with Gasteiger partial charge in [0.05, 0.1) is 18.4 Å². The molecule has 1 N–H and O–H groups in total. The fourth-order valence-corrected chi connectivity index (χ4v) is 2.83. The van der Waals surface area contributed by atoms with Crippen LogP contribution >= 0.6 is 0 Å². The van der Waals surface area contributed by atoms with Crippen LogP contribution in [-0.4, -0.2) is 23.6 Å². The maximum Gasteiger partial charge on any atom is 0.262 e. The number of nitrogens with one attached hydrogen (secondary N) is 1. The molecule has 0 aliphatic rings. The summed E-state index contributed by atoms with van der Waals surface area (Å²) >= 11 is 0. The molecule has 0 aliphatic carbocycles. The Balaban J connectivity index is 2.23. The van der Waals surface area contributed by atoms with Gasteiger partial charge in [0.15, 0.2) is 0 Å². The van der Waals surface area contributed by atoms with Gasteiger partial charge < -0.3 is 10.1 Å². The van der Waals surface area contributed by atoms with E-state index in [1.54, 1.807) is 37.6 Å². The topological polar surface area (TPSA) is 60.3 Å². The minimum Gasteiger partial charge on any atom is -0.497 e. The zero-order valence-electron chi connectivity index (χ0n) is 15.2. The third kappa shape index (κ3) is 3.33. The van der Waals surface area contributed by atoms with E-state index >= 15 is 0 Å². The van der Waals surface area contributed by atoms with Crippen molar-refractivity contribution in [2.75, 3.05) is 7.11 Å². The van der Waals surface area contributed by atoms with Crippen molar-refractivity contribution in [3.8, 4) is 11.4 Å². The Morgan fingerprint density at radius 3 is 2.58 bits per heavy atom. The highest BCUT2D eigenvalue weighted by atomic mass is 16.5. The predicted octanol–water partition coefficient (Wildman–Crippen LogP) is 3.53. The zero-order chi connectivity index (χ0) is 18.7. The van der Waals surface area contributed by atoms with Gasteiger partial charge in [-0.15, -0.1) is 0 Å². The molecular formula is C21H22N2O3. The number of methoxy groups -OCH3 is 1. The largest absolute Gasteiger partial charge is 0.497 e. The quantitative estimate of drug-likeness (QED) is 0.766. The van der Waals surface area contributed by atoms with Gasteiger partial charge in [-0.2, -0.15) is 0 Å². The Morgan fingerprint density at radius 2 is 1.88 bits per heavy atom. The fourth-order valence-electron chi connectivity index (χ4n) is 2.83. The van der Waals surface area contributed by atoms with Crippen molar-refractivity contribution in [3.63, 3.8) is 0 Å². The lowest BCUT2D eigenvalue weighted by molar-refractivity contribution is 0.0940. The molecular weight excluding hydrogens is 328 g/mol. The van der Waals surface area contributed by atoms with E-state index in [-0.39, 0.29) is 17.5 Å². The molecule has 0 fully saturated rings. The molecule has 1 amide bonds. The van der Waals surface area contributed by atoms with Crippen LogP contribution in [0.15, 0.2) is 59.5 Å². The number of amides is 1. The number of hydrogen-bond donors (Lipinski definition) is 1. The smallest absolute Gasteiger partial charge is 0.262 e. The van der Waals surface area contributed by atoms with E-state index in [9.17, 15) is 9.59 Å². The molecule has 1 atom stereocenters. The van der Waals surface area contributed by atoms with Crippen LogP contribution in [0.1, 0.15) is 30.6 Å². The van der Waals surface area contributed by atoms with Crippen LogP contribution < -0.4 is 15.6 Å². The number of hydrogen-bond acceptors (Lipinski definition) is 3. The van der Waals surface area contributed by atoms with E-state index in [0.29, 0.717) is 27.8 Å². The molecule has 0 aliphatic heterocycles. The molecule has 5 nitrogen and oxygen atoms in total. The Hall–Kier alpha value is -3.08. The SMILES string of the molecule is CC[C@@H](C)NC(=O)c1cn(-c2cccc(OC)c2)c(=O)c2ccccc12. The minimum absolute atomic E-state index is 0.0541. The third-order valence-electron chi connectivity index (χ3n) is 4.49.